The lowest BCUT2D eigenvalue weighted by atomic mass is 10.2. The van der Waals surface area contributed by atoms with E-state index in [0.717, 1.165) is 27.9 Å². The first kappa shape index (κ1) is 19.7. The van der Waals surface area contributed by atoms with Crippen LogP contribution in [0.3, 0.4) is 0 Å². The summed E-state index contributed by atoms with van der Waals surface area (Å²) >= 11 is 0. The number of methoxy groups -OCH3 is 1. The molecule has 0 saturated heterocycles. The molecule has 0 aliphatic rings. The van der Waals surface area contributed by atoms with Crippen molar-refractivity contribution in [2.75, 3.05) is 24.2 Å². The molecule has 0 atom stereocenters. The van der Waals surface area contributed by atoms with E-state index in [1.54, 1.807) is 19.2 Å². The van der Waals surface area contributed by atoms with Crippen LogP contribution in [0.15, 0.2) is 48.5 Å². The van der Waals surface area contributed by atoms with Crippen molar-refractivity contribution >= 4 is 21.6 Å². The van der Waals surface area contributed by atoms with Crippen LogP contribution in [0.4, 0.5) is 10.1 Å². The number of benzene rings is 2. The minimum Gasteiger partial charge on any atom is -0.497 e. The first-order chi connectivity index (χ1) is 12.3. The molecule has 0 aromatic heterocycles. The molecule has 1 amide bonds. The van der Waals surface area contributed by atoms with Crippen molar-refractivity contribution in [1.82, 2.24) is 5.32 Å². The fraction of sp³-hybridized carbons (Fsp3) is 0.278. The summed E-state index contributed by atoms with van der Waals surface area (Å²) in [5, 5.41) is 2.73. The monoisotopic (exact) mass is 380 g/mol. The number of hydrogen-bond acceptors (Lipinski definition) is 4. The van der Waals surface area contributed by atoms with Gasteiger partial charge in [0.2, 0.25) is 15.9 Å². The van der Waals surface area contributed by atoms with Crippen LogP contribution in [0.25, 0.3) is 0 Å². The lowest BCUT2D eigenvalue weighted by molar-refractivity contribution is -0.121. The Morgan fingerprint density at radius 1 is 1.19 bits per heavy atom. The van der Waals surface area contributed by atoms with Crippen LogP contribution in [0, 0.1) is 5.82 Å². The Labute approximate surface area is 152 Å². The van der Waals surface area contributed by atoms with Gasteiger partial charge in [0.25, 0.3) is 0 Å². The summed E-state index contributed by atoms with van der Waals surface area (Å²) < 4.78 is 43.4. The Bertz CT molecular complexity index is 854. The maximum absolute atomic E-state index is 13.4. The van der Waals surface area contributed by atoms with Crippen molar-refractivity contribution < 1.29 is 22.3 Å². The summed E-state index contributed by atoms with van der Waals surface area (Å²) in [5.41, 5.74) is 1.08. The fourth-order valence-electron chi connectivity index (χ4n) is 2.35. The van der Waals surface area contributed by atoms with Crippen molar-refractivity contribution in [2.45, 2.75) is 13.0 Å². The third-order valence-electron chi connectivity index (χ3n) is 3.69. The summed E-state index contributed by atoms with van der Waals surface area (Å²) in [6.45, 7) is 0.248. The molecule has 2 aromatic rings. The first-order valence-corrected chi connectivity index (χ1v) is 9.77. The van der Waals surface area contributed by atoms with Gasteiger partial charge in [-0.2, -0.15) is 0 Å². The molecule has 2 rings (SSSR count). The number of ether oxygens (including phenoxy) is 1. The summed E-state index contributed by atoms with van der Waals surface area (Å²) in [5.74, 6) is -0.120. The lowest BCUT2D eigenvalue weighted by Gasteiger charge is -2.22. The number of nitrogens with one attached hydrogen (secondary N) is 1. The van der Waals surface area contributed by atoms with Gasteiger partial charge in [-0.25, -0.2) is 12.8 Å². The molecule has 0 spiro atoms. The van der Waals surface area contributed by atoms with Crippen LogP contribution >= 0.6 is 0 Å². The number of rotatable bonds is 8. The molecule has 0 bridgehead atoms. The maximum Gasteiger partial charge on any atom is 0.232 e. The second kappa shape index (κ2) is 8.66. The lowest BCUT2D eigenvalue weighted by Crippen LogP contribution is -2.34. The number of hydrogen-bond donors (Lipinski definition) is 1. The number of carbonyl (C=O) groups excluding carboxylic acids is 1. The number of anilines is 1. The number of sulfonamides is 1. The normalized spacial score (nSPS) is 11.0. The highest BCUT2D eigenvalue weighted by molar-refractivity contribution is 7.92. The van der Waals surface area contributed by atoms with Crippen LogP contribution in [-0.2, 0) is 21.4 Å². The highest BCUT2D eigenvalue weighted by atomic mass is 32.2. The fourth-order valence-corrected chi connectivity index (χ4v) is 3.27. The highest BCUT2D eigenvalue weighted by Crippen LogP contribution is 2.19. The van der Waals surface area contributed by atoms with E-state index < -0.39 is 15.8 Å². The van der Waals surface area contributed by atoms with Gasteiger partial charge in [-0.15, -0.1) is 0 Å². The molecule has 26 heavy (non-hydrogen) atoms. The molecule has 0 radical (unpaired) electrons. The van der Waals surface area contributed by atoms with Gasteiger partial charge in [0.05, 0.1) is 19.1 Å². The zero-order chi connectivity index (χ0) is 19.2. The predicted molar refractivity (Wildman–Crippen MR) is 98.0 cm³/mol. The van der Waals surface area contributed by atoms with Gasteiger partial charge in [0, 0.05) is 19.5 Å². The van der Waals surface area contributed by atoms with E-state index in [2.05, 4.69) is 5.32 Å². The van der Waals surface area contributed by atoms with Crippen LogP contribution in [0.2, 0.25) is 0 Å². The average molecular weight is 380 g/mol. The third-order valence-corrected chi connectivity index (χ3v) is 4.88. The Hall–Kier alpha value is -2.61. The molecule has 0 aliphatic carbocycles. The van der Waals surface area contributed by atoms with E-state index >= 15 is 0 Å². The molecule has 0 heterocycles. The van der Waals surface area contributed by atoms with Gasteiger partial charge in [0.15, 0.2) is 0 Å². The Balaban J connectivity index is 1.94. The highest BCUT2D eigenvalue weighted by Gasteiger charge is 2.19. The number of halogens is 1. The SMILES string of the molecule is COc1ccc(CNC(=O)CCN(c2cccc(F)c2)S(C)(=O)=O)cc1. The number of carbonyl (C=O) groups is 1. The van der Waals surface area contributed by atoms with Crippen molar-refractivity contribution in [3.63, 3.8) is 0 Å². The Kier molecular flexibility index (Phi) is 6.57. The minimum atomic E-state index is -3.63. The number of nitrogens with zero attached hydrogens (tertiary/aromatic N) is 1. The van der Waals surface area contributed by atoms with E-state index in [1.807, 2.05) is 12.1 Å². The second-order valence-electron chi connectivity index (χ2n) is 5.69. The Morgan fingerprint density at radius 3 is 2.46 bits per heavy atom. The Morgan fingerprint density at radius 2 is 1.88 bits per heavy atom. The molecule has 0 saturated carbocycles. The quantitative estimate of drug-likeness (QED) is 0.763. The molecular weight excluding hydrogens is 359 g/mol. The van der Waals surface area contributed by atoms with Crippen LogP contribution in [0.1, 0.15) is 12.0 Å². The standard InChI is InChI=1S/C18H21FN2O4S/c1-25-17-8-6-14(7-9-17)13-20-18(22)10-11-21(26(2,23)24)16-5-3-4-15(19)12-16/h3-9,12H,10-11,13H2,1-2H3,(H,20,22). The molecule has 1 N–H and O–H groups in total. The third kappa shape index (κ3) is 5.73. The smallest absolute Gasteiger partial charge is 0.232 e. The van der Waals surface area contributed by atoms with Crippen molar-refractivity contribution in [3.8, 4) is 5.75 Å². The van der Waals surface area contributed by atoms with Gasteiger partial charge < -0.3 is 10.1 Å². The second-order valence-corrected chi connectivity index (χ2v) is 7.60. The molecule has 6 nitrogen and oxygen atoms in total. The van der Waals surface area contributed by atoms with Gasteiger partial charge >= 0.3 is 0 Å². The topological polar surface area (TPSA) is 75.7 Å². The van der Waals surface area contributed by atoms with E-state index in [-0.39, 0.29) is 24.6 Å². The largest absolute Gasteiger partial charge is 0.497 e. The van der Waals surface area contributed by atoms with E-state index in [0.29, 0.717) is 6.54 Å². The average Bonchev–Trinajstić information content (AvgIpc) is 2.59. The van der Waals surface area contributed by atoms with Crippen molar-refractivity contribution in [1.29, 1.82) is 0 Å². The van der Waals surface area contributed by atoms with E-state index in [4.69, 9.17) is 4.74 Å². The van der Waals surface area contributed by atoms with Crippen molar-refractivity contribution in [3.05, 3.63) is 59.9 Å². The van der Waals surface area contributed by atoms with E-state index in [9.17, 15) is 17.6 Å². The zero-order valence-corrected chi connectivity index (χ0v) is 15.4. The van der Waals surface area contributed by atoms with E-state index in [1.165, 1.54) is 18.2 Å². The first-order valence-electron chi connectivity index (χ1n) is 7.92. The van der Waals surface area contributed by atoms with Gasteiger partial charge in [0.1, 0.15) is 11.6 Å². The van der Waals surface area contributed by atoms with Gasteiger partial charge in [-0.05, 0) is 35.9 Å². The van der Waals surface area contributed by atoms with Gasteiger partial charge in [-0.1, -0.05) is 18.2 Å². The van der Waals surface area contributed by atoms with Crippen LogP contribution in [-0.4, -0.2) is 34.2 Å². The zero-order valence-electron chi connectivity index (χ0n) is 14.6. The van der Waals surface area contributed by atoms with Crippen LogP contribution in [0.5, 0.6) is 5.75 Å². The molecule has 140 valence electrons. The molecule has 8 heteroatoms. The maximum atomic E-state index is 13.4. The van der Waals surface area contributed by atoms with Crippen LogP contribution < -0.4 is 14.4 Å². The molecule has 2 aromatic carbocycles. The summed E-state index contributed by atoms with van der Waals surface area (Å²) in [6, 6.07) is 12.5. The summed E-state index contributed by atoms with van der Waals surface area (Å²) in [4.78, 5) is 12.0. The van der Waals surface area contributed by atoms with Gasteiger partial charge in [-0.3, -0.25) is 9.10 Å². The molecule has 0 unspecified atom stereocenters. The summed E-state index contributed by atoms with van der Waals surface area (Å²) in [6.07, 6.45) is 0.979. The number of amides is 1. The molecular formula is C18H21FN2O4S. The van der Waals surface area contributed by atoms with Crippen molar-refractivity contribution in [2.24, 2.45) is 0 Å². The molecule has 0 fully saturated rings. The predicted octanol–water partition coefficient (Wildman–Crippen LogP) is 2.31. The minimum absolute atomic E-state index is 0.0419. The molecule has 0 aliphatic heterocycles. The summed E-state index contributed by atoms with van der Waals surface area (Å²) in [7, 11) is -2.06.